The molecule has 0 fully saturated rings. The molecule has 3 rings (SSSR count). The molecule has 0 bridgehead atoms. The summed E-state index contributed by atoms with van der Waals surface area (Å²) in [4.78, 5) is 0. The van der Waals surface area contributed by atoms with Gasteiger partial charge in [0, 0.05) is 18.5 Å². The third-order valence-corrected chi connectivity index (χ3v) is 8.87. The van der Waals surface area contributed by atoms with Crippen molar-refractivity contribution in [1.29, 1.82) is 0 Å². The van der Waals surface area contributed by atoms with Crippen molar-refractivity contribution in [1.82, 2.24) is 9.62 Å². The predicted molar refractivity (Wildman–Crippen MR) is 122 cm³/mol. The van der Waals surface area contributed by atoms with Gasteiger partial charge < -0.3 is 20.2 Å². The summed E-state index contributed by atoms with van der Waals surface area (Å²) in [5.41, 5.74) is 0.143. The van der Waals surface area contributed by atoms with Gasteiger partial charge in [-0.3, -0.25) is 0 Å². The van der Waals surface area contributed by atoms with E-state index < -0.39 is 26.9 Å². The maximum atomic E-state index is 12.7. The van der Waals surface area contributed by atoms with E-state index in [1.165, 1.54) is 9.69 Å². The van der Waals surface area contributed by atoms with E-state index in [0.717, 1.165) is 17.1 Å². The first-order valence-corrected chi connectivity index (χ1v) is 13.1. The summed E-state index contributed by atoms with van der Waals surface area (Å²) >= 11 is -0.940. The quantitative estimate of drug-likeness (QED) is 0.521. The summed E-state index contributed by atoms with van der Waals surface area (Å²) in [7, 11) is -3.82. The molecular weight excluding hydrogens is 462 g/mol. The lowest BCUT2D eigenvalue weighted by atomic mass is 10.1. The molecule has 0 aromatic carbocycles. The van der Waals surface area contributed by atoms with Crippen LogP contribution in [0.25, 0.3) is 0 Å². The van der Waals surface area contributed by atoms with Gasteiger partial charge in [0.1, 0.15) is 11.5 Å². The lowest BCUT2D eigenvalue weighted by Gasteiger charge is -2.18. The fourth-order valence-corrected chi connectivity index (χ4v) is 6.49. The lowest BCUT2D eigenvalue weighted by Crippen LogP contribution is -2.36. The Hall–Kier alpha value is -2.22. The minimum atomic E-state index is -3.82. The molecule has 170 valence electrons. The minimum absolute atomic E-state index is 0.139. The molecule has 2 atom stereocenters. The Morgan fingerprint density at radius 2 is 1.90 bits per heavy atom. The van der Waals surface area contributed by atoms with Gasteiger partial charge in [0.15, 0.2) is 21.6 Å². The largest absolute Gasteiger partial charge is 0.504 e. The normalized spacial score (nSPS) is 17.5. The number of anilines is 1. The second-order valence-corrected chi connectivity index (χ2v) is 10.5. The van der Waals surface area contributed by atoms with Crippen LogP contribution in [0, 0.1) is 6.92 Å². The fraction of sp³-hybridized carbons (Fsp3) is 0.444. The molecule has 3 heterocycles. The summed E-state index contributed by atoms with van der Waals surface area (Å²) in [6.45, 7) is 7.84. The number of aromatic hydroxyl groups is 1. The number of amidine groups is 2. The van der Waals surface area contributed by atoms with Crippen molar-refractivity contribution in [2.45, 2.75) is 44.4 Å². The van der Waals surface area contributed by atoms with Gasteiger partial charge in [-0.05, 0) is 25.5 Å². The molecule has 0 saturated carbocycles. The first-order valence-electron chi connectivity index (χ1n) is 9.71. The van der Waals surface area contributed by atoms with Crippen molar-refractivity contribution < 1.29 is 22.2 Å². The molecule has 2 aromatic heterocycles. The molecule has 0 aliphatic carbocycles. The molecule has 0 radical (unpaired) electrons. The summed E-state index contributed by atoms with van der Waals surface area (Å²) in [6, 6.07) is 3.47. The monoisotopic (exact) mass is 487 g/mol. The summed E-state index contributed by atoms with van der Waals surface area (Å²) in [6.07, 6.45) is 0.669. The van der Waals surface area contributed by atoms with Crippen LogP contribution in [0.1, 0.15) is 44.8 Å². The topological polar surface area (TPSA) is 137 Å². The molecule has 1 unspecified atom stereocenters. The zero-order valence-electron chi connectivity index (χ0n) is 17.6. The predicted octanol–water partition coefficient (Wildman–Crippen LogP) is 2.93. The smallest absolute Gasteiger partial charge is 0.269 e. The van der Waals surface area contributed by atoms with Crippen LogP contribution < -0.4 is 10.6 Å². The van der Waals surface area contributed by atoms with Gasteiger partial charge in [-0.15, -0.1) is 20.1 Å². The molecule has 1 aliphatic heterocycles. The molecule has 3 N–H and O–H groups in total. The van der Waals surface area contributed by atoms with Gasteiger partial charge in [0.25, 0.3) is 21.2 Å². The van der Waals surface area contributed by atoms with Gasteiger partial charge in [0.05, 0.1) is 11.7 Å². The van der Waals surface area contributed by atoms with Crippen LogP contribution in [0.15, 0.2) is 34.9 Å². The van der Waals surface area contributed by atoms with E-state index >= 15 is 0 Å². The van der Waals surface area contributed by atoms with Crippen molar-refractivity contribution >= 4 is 49.9 Å². The van der Waals surface area contributed by atoms with Crippen LogP contribution in [0.4, 0.5) is 5.69 Å². The SMILES string of the molecule is CC[C@@H](NC1=NS(=O)N=C1Nc1csc(S(=O)(=O)N(CC)CC)c1O)c1ccc(C)o1. The third-order valence-electron chi connectivity index (χ3n) is 4.65. The maximum Gasteiger partial charge on any atom is 0.269 e. The first-order chi connectivity index (χ1) is 14.7. The second-order valence-electron chi connectivity index (χ2n) is 6.66. The van der Waals surface area contributed by atoms with Crippen molar-refractivity contribution in [3.63, 3.8) is 0 Å². The van der Waals surface area contributed by atoms with Crippen molar-refractivity contribution in [2.75, 3.05) is 18.4 Å². The molecule has 2 aromatic rings. The van der Waals surface area contributed by atoms with E-state index in [4.69, 9.17) is 4.42 Å². The Balaban J connectivity index is 1.82. The second kappa shape index (κ2) is 9.51. The van der Waals surface area contributed by atoms with Crippen LogP contribution in [0.2, 0.25) is 0 Å². The highest BCUT2D eigenvalue weighted by Crippen LogP contribution is 2.39. The highest BCUT2D eigenvalue weighted by atomic mass is 32.2. The van der Waals surface area contributed by atoms with E-state index in [1.54, 1.807) is 13.8 Å². The maximum absolute atomic E-state index is 12.7. The standard InChI is InChI=1S/C18H25N5O5S3/c1-5-12(14-9-8-11(4)28-14)19-16-17(22-30(25)21-16)20-13-10-29-18(15(13)24)31(26,27)23(6-2)7-3/h8-10,12,24H,5-7H2,1-4H3,(H,19,21)(H,20,22)/t12-,30?/m1/s1. The van der Waals surface area contributed by atoms with Crippen molar-refractivity contribution in [2.24, 2.45) is 8.80 Å². The van der Waals surface area contributed by atoms with E-state index in [-0.39, 0.29) is 40.7 Å². The van der Waals surface area contributed by atoms with Gasteiger partial charge in [-0.2, -0.15) is 4.31 Å². The fourth-order valence-electron chi connectivity index (χ4n) is 3.03. The van der Waals surface area contributed by atoms with Gasteiger partial charge in [0.2, 0.25) is 0 Å². The highest BCUT2D eigenvalue weighted by Gasteiger charge is 2.30. The van der Waals surface area contributed by atoms with Crippen LogP contribution in [-0.4, -0.2) is 46.8 Å². The van der Waals surface area contributed by atoms with Crippen LogP contribution >= 0.6 is 11.3 Å². The van der Waals surface area contributed by atoms with Crippen molar-refractivity contribution in [3.8, 4) is 5.75 Å². The zero-order valence-corrected chi connectivity index (χ0v) is 20.0. The Morgan fingerprint density at radius 3 is 2.48 bits per heavy atom. The van der Waals surface area contributed by atoms with E-state index in [1.807, 2.05) is 26.0 Å². The molecule has 1 aliphatic rings. The number of furan rings is 1. The van der Waals surface area contributed by atoms with Gasteiger partial charge in [-0.1, -0.05) is 20.8 Å². The zero-order chi connectivity index (χ0) is 22.8. The number of hydrogen-bond donors (Lipinski definition) is 3. The van der Waals surface area contributed by atoms with E-state index in [0.29, 0.717) is 12.2 Å². The van der Waals surface area contributed by atoms with Crippen LogP contribution in [-0.2, 0) is 21.2 Å². The number of nitrogens with zero attached hydrogens (tertiary/aromatic N) is 3. The van der Waals surface area contributed by atoms with Crippen molar-refractivity contribution in [3.05, 3.63) is 29.0 Å². The van der Waals surface area contributed by atoms with Gasteiger partial charge in [-0.25, -0.2) is 12.6 Å². The Bertz CT molecular complexity index is 1130. The summed E-state index contributed by atoms with van der Waals surface area (Å²) < 4.78 is 52.1. The number of rotatable bonds is 8. The average molecular weight is 488 g/mol. The lowest BCUT2D eigenvalue weighted by molar-refractivity contribution is 0.424. The Kier molecular flexibility index (Phi) is 7.19. The molecule has 10 nitrogen and oxygen atoms in total. The summed E-state index contributed by atoms with van der Waals surface area (Å²) in [5.74, 6) is 1.43. The first kappa shape index (κ1) is 23.4. The molecule has 0 saturated heterocycles. The van der Waals surface area contributed by atoms with Crippen LogP contribution in [0.5, 0.6) is 5.75 Å². The number of thiophene rings is 1. The number of nitrogens with one attached hydrogen (secondary N) is 2. The average Bonchev–Trinajstić information content (AvgIpc) is 3.40. The summed E-state index contributed by atoms with van der Waals surface area (Å²) in [5, 5.41) is 18.0. The Morgan fingerprint density at radius 1 is 1.23 bits per heavy atom. The number of sulfonamides is 1. The molecule has 0 amide bonds. The molecule has 0 spiro atoms. The van der Waals surface area contributed by atoms with Gasteiger partial charge >= 0.3 is 0 Å². The number of hydrogen-bond acceptors (Lipinski definition) is 8. The molecule has 13 heteroatoms. The van der Waals surface area contributed by atoms with E-state index in [2.05, 4.69) is 19.4 Å². The Labute approximate surface area is 187 Å². The molecule has 31 heavy (non-hydrogen) atoms. The highest BCUT2D eigenvalue weighted by molar-refractivity contribution is 7.91. The molecular formula is C18H25N5O5S3. The minimum Gasteiger partial charge on any atom is -0.504 e. The van der Waals surface area contributed by atoms with E-state index in [9.17, 15) is 17.7 Å². The number of aryl methyl sites for hydroxylation is 1. The third kappa shape index (κ3) is 4.84. The van der Waals surface area contributed by atoms with Crippen LogP contribution in [0.3, 0.4) is 0 Å².